The van der Waals surface area contributed by atoms with Crippen LogP contribution in [0.1, 0.15) is 10.4 Å². The number of nitrogens with zero attached hydrogens (tertiary/aromatic N) is 2. The van der Waals surface area contributed by atoms with Gasteiger partial charge in [-0.15, -0.1) is 0 Å². The predicted octanol–water partition coefficient (Wildman–Crippen LogP) is 1.22. The number of carbonyl (C=O) groups is 1. The Bertz CT molecular complexity index is 567. The summed E-state index contributed by atoms with van der Waals surface area (Å²) < 4.78 is 5.89. The van der Waals surface area contributed by atoms with Crippen molar-refractivity contribution in [2.75, 3.05) is 7.11 Å². The summed E-state index contributed by atoms with van der Waals surface area (Å²) >= 11 is 6.54. The van der Waals surface area contributed by atoms with Gasteiger partial charge in [0, 0.05) is 8.95 Å². The van der Waals surface area contributed by atoms with Crippen LogP contribution in [-0.2, 0) is 4.74 Å². The van der Waals surface area contributed by atoms with E-state index in [9.17, 15) is 4.79 Å². The van der Waals surface area contributed by atoms with Crippen LogP contribution in [-0.4, -0.2) is 25.0 Å². The zero-order valence-electron chi connectivity index (χ0n) is 9.85. The van der Waals surface area contributed by atoms with E-state index in [4.69, 9.17) is 17.2 Å². The van der Waals surface area contributed by atoms with Crippen LogP contribution in [0.15, 0.2) is 31.1 Å². The first-order valence-corrected chi connectivity index (χ1v) is 6.45. The number of benzene rings is 1. The fourth-order valence-electron chi connectivity index (χ4n) is 1.22. The smallest absolute Gasteiger partial charge is 0.340 e. The van der Waals surface area contributed by atoms with Crippen LogP contribution in [0, 0.1) is 0 Å². The summed E-state index contributed by atoms with van der Waals surface area (Å²) in [7, 11) is 1.27. The minimum absolute atomic E-state index is 0.173. The minimum atomic E-state index is -0.557. The Kier molecular flexibility index (Phi) is 5.31. The average molecular weight is 393 g/mol. The van der Waals surface area contributed by atoms with Crippen molar-refractivity contribution >= 4 is 55.4 Å². The molecule has 9 heteroatoms. The second-order valence-electron chi connectivity index (χ2n) is 3.28. The lowest BCUT2D eigenvalue weighted by atomic mass is 10.2. The fourth-order valence-corrected chi connectivity index (χ4v) is 2.53. The van der Waals surface area contributed by atoms with Crippen molar-refractivity contribution in [1.29, 1.82) is 0 Å². The Labute approximate surface area is 126 Å². The average Bonchev–Trinajstić information content (AvgIpc) is 2.30. The van der Waals surface area contributed by atoms with E-state index in [1.807, 2.05) is 0 Å². The summed E-state index contributed by atoms with van der Waals surface area (Å²) in [6, 6.07) is 3.26. The highest BCUT2D eigenvalue weighted by molar-refractivity contribution is 9.11. The van der Waals surface area contributed by atoms with Gasteiger partial charge in [-0.05, 0) is 28.1 Å². The van der Waals surface area contributed by atoms with Crippen LogP contribution in [0.4, 0.5) is 5.69 Å². The lowest BCUT2D eigenvalue weighted by molar-refractivity contribution is 0.0601. The fraction of sp³-hybridized carbons (Fsp3) is 0.100. The van der Waals surface area contributed by atoms with E-state index in [0.717, 1.165) is 0 Å². The Hall–Kier alpha value is -1.61. The largest absolute Gasteiger partial charge is 0.465 e. The van der Waals surface area contributed by atoms with Gasteiger partial charge in [-0.3, -0.25) is 0 Å². The maximum Gasteiger partial charge on any atom is 0.340 e. The van der Waals surface area contributed by atoms with Gasteiger partial charge >= 0.3 is 5.97 Å². The molecule has 0 heterocycles. The summed E-state index contributed by atoms with van der Waals surface area (Å²) in [6.07, 6.45) is 0. The van der Waals surface area contributed by atoms with Gasteiger partial charge in [0.2, 0.25) is 5.96 Å². The van der Waals surface area contributed by atoms with Crippen molar-refractivity contribution in [2.45, 2.75) is 0 Å². The molecule has 1 aromatic carbocycles. The molecule has 0 aliphatic carbocycles. The van der Waals surface area contributed by atoms with Gasteiger partial charge < -0.3 is 21.9 Å². The quantitative estimate of drug-likeness (QED) is 0.395. The molecular weight excluding hydrogens is 382 g/mol. The lowest BCUT2D eigenvalue weighted by Gasteiger charge is -2.07. The first kappa shape index (κ1) is 15.4. The molecule has 0 radical (unpaired) electrons. The van der Waals surface area contributed by atoms with Crippen LogP contribution < -0.4 is 17.2 Å². The SMILES string of the molecule is COC(=O)c1cc(Br)cc(Br)c1N=C(N)N=C(N)N. The van der Waals surface area contributed by atoms with Crippen LogP contribution in [0.5, 0.6) is 0 Å². The topological polar surface area (TPSA) is 129 Å². The van der Waals surface area contributed by atoms with Gasteiger partial charge in [-0.1, -0.05) is 15.9 Å². The van der Waals surface area contributed by atoms with Gasteiger partial charge in [0.1, 0.15) is 0 Å². The Balaban J connectivity index is 3.41. The first-order chi connectivity index (χ1) is 8.85. The van der Waals surface area contributed by atoms with Crippen molar-refractivity contribution in [3.05, 3.63) is 26.6 Å². The number of rotatable bonds is 2. The third kappa shape index (κ3) is 4.21. The first-order valence-electron chi connectivity index (χ1n) is 4.86. The summed E-state index contributed by atoms with van der Waals surface area (Å²) in [4.78, 5) is 19.2. The standard InChI is InChI=1S/C10H11Br2N5O2/c1-19-8(18)5-2-4(11)3-6(12)7(5)16-10(15)17-9(13)14/h2-3H,1H3,(H6,13,14,15,16,17). The van der Waals surface area contributed by atoms with Crippen molar-refractivity contribution in [3.63, 3.8) is 0 Å². The van der Waals surface area contributed by atoms with Crippen molar-refractivity contribution in [2.24, 2.45) is 27.2 Å². The molecular formula is C10H11Br2N5O2. The highest BCUT2D eigenvalue weighted by Crippen LogP contribution is 2.33. The summed E-state index contributed by atoms with van der Waals surface area (Å²) in [5.74, 6) is -0.958. The zero-order valence-corrected chi connectivity index (χ0v) is 13.0. The predicted molar refractivity (Wildman–Crippen MR) is 80.3 cm³/mol. The van der Waals surface area contributed by atoms with Crippen LogP contribution >= 0.6 is 31.9 Å². The van der Waals surface area contributed by atoms with Gasteiger partial charge in [0.15, 0.2) is 5.96 Å². The van der Waals surface area contributed by atoms with Gasteiger partial charge in [0.05, 0.1) is 18.4 Å². The number of guanidine groups is 2. The Morgan fingerprint density at radius 2 is 1.89 bits per heavy atom. The molecule has 0 bridgehead atoms. The summed E-state index contributed by atoms with van der Waals surface area (Å²) in [6.45, 7) is 0. The number of halogens is 2. The van der Waals surface area contributed by atoms with Crippen molar-refractivity contribution in [1.82, 2.24) is 0 Å². The van der Waals surface area contributed by atoms with E-state index in [1.165, 1.54) is 7.11 Å². The maximum absolute atomic E-state index is 11.7. The third-order valence-electron chi connectivity index (χ3n) is 1.90. The molecule has 0 aliphatic rings. The Morgan fingerprint density at radius 1 is 1.26 bits per heavy atom. The monoisotopic (exact) mass is 391 g/mol. The molecule has 102 valence electrons. The molecule has 1 rings (SSSR count). The van der Waals surface area contributed by atoms with Gasteiger partial charge in [0.25, 0.3) is 0 Å². The number of ether oxygens (including phenoxy) is 1. The molecule has 0 spiro atoms. The minimum Gasteiger partial charge on any atom is -0.465 e. The molecule has 0 saturated carbocycles. The number of methoxy groups -OCH3 is 1. The number of aliphatic imine (C=N–C) groups is 2. The molecule has 7 nitrogen and oxygen atoms in total. The highest BCUT2D eigenvalue weighted by Gasteiger charge is 2.16. The Morgan fingerprint density at radius 3 is 2.42 bits per heavy atom. The van der Waals surface area contributed by atoms with Crippen LogP contribution in [0.25, 0.3) is 0 Å². The maximum atomic E-state index is 11.7. The second kappa shape index (κ2) is 6.53. The number of esters is 1. The third-order valence-corrected chi connectivity index (χ3v) is 2.97. The van der Waals surface area contributed by atoms with E-state index in [1.54, 1.807) is 12.1 Å². The van der Waals surface area contributed by atoms with Gasteiger partial charge in [-0.25, -0.2) is 9.79 Å². The van der Waals surface area contributed by atoms with Crippen LogP contribution in [0.3, 0.4) is 0 Å². The van der Waals surface area contributed by atoms with Crippen molar-refractivity contribution in [3.8, 4) is 0 Å². The molecule has 1 aromatic rings. The second-order valence-corrected chi connectivity index (χ2v) is 5.05. The van der Waals surface area contributed by atoms with E-state index in [2.05, 4.69) is 46.6 Å². The van der Waals surface area contributed by atoms with E-state index in [-0.39, 0.29) is 23.2 Å². The van der Waals surface area contributed by atoms with Crippen molar-refractivity contribution < 1.29 is 9.53 Å². The molecule has 0 aromatic heterocycles. The van der Waals surface area contributed by atoms with E-state index >= 15 is 0 Å². The molecule has 0 amide bonds. The molecule has 0 fully saturated rings. The zero-order chi connectivity index (χ0) is 14.6. The molecule has 0 saturated heterocycles. The molecule has 0 atom stereocenters. The summed E-state index contributed by atoms with van der Waals surface area (Å²) in [5, 5.41) is 0. The number of nitrogens with two attached hydrogens (primary N) is 3. The molecule has 6 N–H and O–H groups in total. The van der Waals surface area contributed by atoms with Gasteiger partial charge in [-0.2, -0.15) is 4.99 Å². The summed E-state index contributed by atoms with van der Waals surface area (Å²) in [5.41, 5.74) is 16.4. The van der Waals surface area contributed by atoms with Crippen LogP contribution in [0.2, 0.25) is 0 Å². The molecule has 0 unspecified atom stereocenters. The van der Waals surface area contributed by atoms with E-state index in [0.29, 0.717) is 8.95 Å². The number of carbonyl (C=O) groups excluding carboxylic acids is 1. The highest BCUT2D eigenvalue weighted by atomic mass is 79.9. The lowest BCUT2D eigenvalue weighted by Crippen LogP contribution is -2.26. The number of hydrogen-bond acceptors (Lipinski definition) is 3. The molecule has 19 heavy (non-hydrogen) atoms. The van der Waals surface area contributed by atoms with E-state index < -0.39 is 5.97 Å². The normalized spacial score (nSPS) is 11.0. The molecule has 0 aliphatic heterocycles. The number of hydrogen-bond donors (Lipinski definition) is 3.